The van der Waals surface area contributed by atoms with Crippen molar-refractivity contribution in [2.24, 2.45) is 0 Å². The zero-order valence-electron chi connectivity index (χ0n) is 11.4. The standard InChI is InChI=1S/C16H17O.BrH.Zn/c1-13(2)15-8-10-16(11-9-15)17-12-14-6-4-3-5-7-14;;/h4-11,13H,12H2,1-2H3;1H;/q-1;;+2/p-1. The van der Waals surface area contributed by atoms with Crippen LogP contribution in [0.15, 0.2) is 48.5 Å². The third kappa shape index (κ3) is 5.88. The third-order valence-corrected chi connectivity index (χ3v) is 2.74. The van der Waals surface area contributed by atoms with Gasteiger partial charge in [0, 0.05) is 0 Å². The average Bonchev–Trinajstić information content (AvgIpc) is 2.49. The summed E-state index contributed by atoms with van der Waals surface area (Å²) >= 11 is 4.25. The average molecular weight is 371 g/mol. The van der Waals surface area contributed by atoms with Gasteiger partial charge in [0.15, 0.2) is 0 Å². The van der Waals surface area contributed by atoms with Crippen LogP contribution in [0.1, 0.15) is 30.9 Å². The van der Waals surface area contributed by atoms with Crippen LogP contribution in [0.2, 0.25) is 0 Å². The van der Waals surface area contributed by atoms with Crippen LogP contribution >= 0.6 is 13.6 Å². The van der Waals surface area contributed by atoms with Gasteiger partial charge in [-0.1, -0.05) is 26.0 Å². The Morgan fingerprint density at radius 2 is 1.63 bits per heavy atom. The molecule has 0 N–H and O–H groups in total. The molecule has 0 fully saturated rings. The van der Waals surface area contributed by atoms with Gasteiger partial charge in [0.1, 0.15) is 5.75 Å². The van der Waals surface area contributed by atoms with E-state index in [9.17, 15) is 0 Å². The summed E-state index contributed by atoms with van der Waals surface area (Å²) in [5, 5.41) is 0. The quantitative estimate of drug-likeness (QED) is 0.542. The van der Waals surface area contributed by atoms with E-state index in [1.54, 1.807) is 0 Å². The van der Waals surface area contributed by atoms with Gasteiger partial charge in [-0.15, -0.1) is 5.56 Å². The summed E-state index contributed by atoms with van der Waals surface area (Å²) in [5.74, 6) is 1.48. The van der Waals surface area contributed by atoms with Crippen LogP contribution in [0.3, 0.4) is 0 Å². The number of rotatable bonds is 4. The van der Waals surface area contributed by atoms with Crippen molar-refractivity contribution in [2.45, 2.75) is 26.4 Å². The SMILES string of the molecule is CC(C)c1ccc(OCc2cc[c-]cc2)cc1.[Zn+][Br]. The van der Waals surface area contributed by atoms with Crippen molar-refractivity contribution < 1.29 is 21.1 Å². The van der Waals surface area contributed by atoms with Gasteiger partial charge in [-0.25, -0.2) is 0 Å². The Hall–Kier alpha value is -0.657. The minimum atomic E-state index is 0.564. The summed E-state index contributed by atoms with van der Waals surface area (Å²) in [6.07, 6.45) is 0. The summed E-state index contributed by atoms with van der Waals surface area (Å²) in [7, 11) is 0. The third-order valence-electron chi connectivity index (χ3n) is 2.74. The van der Waals surface area contributed by atoms with Crippen molar-refractivity contribution >= 4 is 13.6 Å². The first-order chi connectivity index (χ1) is 9.25. The molecule has 3 heteroatoms. The van der Waals surface area contributed by atoms with E-state index >= 15 is 0 Å². The predicted octanol–water partition coefficient (Wildman–Crippen LogP) is 5.03. The Morgan fingerprint density at radius 1 is 1.05 bits per heavy atom. The van der Waals surface area contributed by atoms with Crippen molar-refractivity contribution in [2.75, 3.05) is 0 Å². The Labute approximate surface area is 132 Å². The van der Waals surface area contributed by atoms with Gasteiger partial charge < -0.3 is 4.74 Å². The van der Waals surface area contributed by atoms with Crippen molar-refractivity contribution in [3.05, 3.63) is 65.7 Å². The fourth-order valence-corrected chi connectivity index (χ4v) is 1.63. The molecule has 0 aliphatic carbocycles. The van der Waals surface area contributed by atoms with Gasteiger partial charge in [0.2, 0.25) is 0 Å². The number of benzene rings is 2. The first kappa shape index (κ1) is 16.4. The van der Waals surface area contributed by atoms with E-state index in [0.717, 1.165) is 11.3 Å². The second-order valence-electron chi connectivity index (χ2n) is 4.42. The van der Waals surface area contributed by atoms with Gasteiger partial charge >= 0.3 is 30.0 Å². The molecular weight excluding hydrogens is 353 g/mol. The summed E-state index contributed by atoms with van der Waals surface area (Å²) in [5.41, 5.74) is 2.50. The van der Waals surface area contributed by atoms with Gasteiger partial charge in [-0.05, 0) is 23.6 Å². The normalized spacial score (nSPS) is 9.79. The Bertz CT molecular complexity index is 454. The van der Waals surface area contributed by atoms with E-state index in [4.69, 9.17) is 4.74 Å². The first-order valence-electron chi connectivity index (χ1n) is 6.20. The Kier molecular flexibility index (Phi) is 8.01. The molecular formula is C16H17BrOZn. The predicted molar refractivity (Wildman–Crippen MR) is 79.1 cm³/mol. The molecule has 0 saturated carbocycles. The fourth-order valence-electron chi connectivity index (χ4n) is 1.63. The molecule has 0 bridgehead atoms. The summed E-state index contributed by atoms with van der Waals surface area (Å²) in [6, 6.07) is 19.1. The van der Waals surface area contributed by atoms with Gasteiger partial charge in [-0.2, -0.15) is 30.3 Å². The van der Waals surface area contributed by atoms with Crippen LogP contribution in [0.25, 0.3) is 0 Å². The summed E-state index contributed by atoms with van der Waals surface area (Å²) in [4.78, 5) is 0. The number of hydrogen-bond donors (Lipinski definition) is 0. The molecule has 2 aromatic carbocycles. The zero-order valence-corrected chi connectivity index (χ0v) is 15.9. The zero-order chi connectivity index (χ0) is 14.1. The maximum atomic E-state index is 5.71. The van der Waals surface area contributed by atoms with Crippen LogP contribution in [-0.4, -0.2) is 0 Å². The molecule has 0 radical (unpaired) electrons. The summed E-state index contributed by atoms with van der Waals surface area (Å²) < 4.78 is 5.71. The Balaban J connectivity index is 0.000000861. The molecule has 0 aliphatic heterocycles. The van der Waals surface area contributed by atoms with E-state index in [2.05, 4.69) is 45.7 Å². The van der Waals surface area contributed by atoms with E-state index in [1.807, 2.05) is 36.4 Å². The molecule has 0 aromatic heterocycles. The molecule has 0 amide bonds. The van der Waals surface area contributed by atoms with Crippen LogP contribution in [-0.2, 0) is 22.9 Å². The molecule has 0 spiro atoms. The number of hydrogen-bond acceptors (Lipinski definition) is 1. The summed E-state index contributed by atoms with van der Waals surface area (Å²) in [6.45, 7) is 4.99. The molecule has 96 valence electrons. The number of halogens is 1. The van der Waals surface area contributed by atoms with Crippen molar-refractivity contribution in [1.82, 2.24) is 0 Å². The first-order valence-corrected chi connectivity index (χ1v) is 13.1. The van der Waals surface area contributed by atoms with Crippen LogP contribution in [0.4, 0.5) is 0 Å². The fraction of sp³-hybridized carbons (Fsp3) is 0.250. The second-order valence-corrected chi connectivity index (χ2v) is 4.42. The minimum absolute atomic E-state index is 0.564. The van der Waals surface area contributed by atoms with Crippen molar-refractivity contribution in [1.29, 1.82) is 0 Å². The van der Waals surface area contributed by atoms with Gasteiger partial charge in [0.05, 0.1) is 6.61 Å². The number of ether oxygens (including phenoxy) is 1. The Morgan fingerprint density at radius 3 is 2.16 bits per heavy atom. The molecule has 2 rings (SSSR count). The van der Waals surface area contributed by atoms with Crippen LogP contribution in [0, 0.1) is 6.07 Å². The molecule has 2 aromatic rings. The molecule has 0 atom stereocenters. The molecule has 0 heterocycles. The van der Waals surface area contributed by atoms with Crippen LogP contribution in [0.5, 0.6) is 5.75 Å². The molecule has 0 saturated heterocycles. The van der Waals surface area contributed by atoms with E-state index in [-0.39, 0.29) is 0 Å². The van der Waals surface area contributed by atoms with E-state index in [1.165, 1.54) is 21.9 Å². The molecule has 0 unspecified atom stereocenters. The van der Waals surface area contributed by atoms with Crippen molar-refractivity contribution in [3.8, 4) is 5.75 Å². The van der Waals surface area contributed by atoms with Gasteiger partial charge in [0.25, 0.3) is 0 Å². The topological polar surface area (TPSA) is 9.23 Å². The maximum absolute atomic E-state index is 5.71. The second kappa shape index (κ2) is 9.28. The van der Waals surface area contributed by atoms with Crippen molar-refractivity contribution in [3.63, 3.8) is 0 Å². The molecule has 1 nitrogen and oxygen atoms in total. The van der Waals surface area contributed by atoms with E-state index < -0.39 is 0 Å². The van der Waals surface area contributed by atoms with E-state index in [0.29, 0.717) is 12.5 Å². The van der Waals surface area contributed by atoms with Gasteiger partial charge in [-0.3, -0.25) is 0 Å². The molecule has 19 heavy (non-hydrogen) atoms. The monoisotopic (exact) mass is 368 g/mol. The molecule has 0 aliphatic rings. The van der Waals surface area contributed by atoms with Crippen LogP contribution < -0.4 is 4.74 Å².